The summed E-state index contributed by atoms with van der Waals surface area (Å²) >= 11 is 0. The van der Waals surface area contributed by atoms with Crippen LogP contribution in [-0.2, 0) is 4.79 Å². The van der Waals surface area contributed by atoms with E-state index in [4.69, 9.17) is 0 Å². The first kappa shape index (κ1) is 20.8. The van der Waals surface area contributed by atoms with E-state index < -0.39 is 0 Å². The van der Waals surface area contributed by atoms with Crippen molar-refractivity contribution in [2.24, 2.45) is 0 Å². The van der Waals surface area contributed by atoms with Crippen LogP contribution in [0.5, 0.6) is 0 Å². The van der Waals surface area contributed by atoms with Gasteiger partial charge in [-0.05, 0) is 56.9 Å². The number of nitrogens with zero attached hydrogens (tertiary/aromatic N) is 4. The van der Waals surface area contributed by atoms with Gasteiger partial charge in [0.15, 0.2) is 0 Å². The summed E-state index contributed by atoms with van der Waals surface area (Å²) in [5, 5.41) is 7.27. The second-order valence-electron chi connectivity index (χ2n) is 9.07. The fraction of sp³-hybridized carbons (Fsp3) is 0.440. The lowest BCUT2D eigenvalue weighted by Gasteiger charge is -2.46. The van der Waals surface area contributed by atoms with Gasteiger partial charge < -0.3 is 10.6 Å². The smallest absolute Gasteiger partial charge is 0.239 e. The quantitative estimate of drug-likeness (QED) is 0.625. The first-order chi connectivity index (χ1) is 15.7. The standard InChI is InChI=1S/C25H30N6O/c1-17-5-10-23-21(12-17)25(29-16-28-23)27-13-24(32)30-19-14-31(15-19)20-8-6-18(7-9-20)22-4-2-3-11-26-22/h2-5,10-12,16,18-20H,6-9,13-15H2,1H3,(H,30,32)(H,27,28,29). The fourth-order valence-electron chi connectivity index (χ4n) is 5.01. The normalized spacial score (nSPS) is 21.8. The number of hydrogen-bond acceptors (Lipinski definition) is 6. The van der Waals surface area contributed by atoms with Crippen LogP contribution in [0.3, 0.4) is 0 Å². The summed E-state index contributed by atoms with van der Waals surface area (Å²) in [6.45, 7) is 4.14. The van der Waals surface area contributed by atoms with E-state index in [0.717, 1.165) is 29.6 Å². The van der Waals surface area contributed by atoms with Crippen molar-refractivity contribution in [2.45, 2.75) is 50.6 Å². The van der Waals surface area contributed by atoms with Gasteiger partial charge in [-0.15, -0.1) is 0 Å². The van der Waals surface area contributed by atoms with Crippen LogP contribution in [0.25, 0.3) is 10.9 Å². The third-order valence-corrected chi connectivity index (χ3v) is 6.80. The SMILES string of the molecule is Cc1ccc2ncnc(NCC(=O)NC3CN(C4CCC(c5ccccn5)CC4)C3)c2c1. The van der Waals surface area contributed by atoms with Crippen molar-refractivity contribution in [3.63, 3.8) is 0 Å². The number of rotatable bonds is 6. The van der Waals surface area contributed by atoms with E-state index in [1.807, 2.05) is 37.4 Å². The Balaban J connectivity index is 1.06. The van der Waals surface area contributed by atoms with Gasteiger partial charge in [0, 0.05) is 42.3 Å². The maximum Gasteiger partial charge on any atom is 0.239 e. The number of fused-ring (bicyclic) bond motifs is 1. The average Bonchev–Trinajstić information content (AvgIpc) is 2.80. The maximum absolute atomic E-state index is 12.5. The lowest BCUT2D eigenvalue weighted by molar-refractivity contribution is -0.121. The van der Waals surface area contributed by atoms with Gasteiger partial charge in [0.25, 0.3) is 0 Å². The molecule has 2 aromatic heterocycles. The first-order valence-corrected chi connectivity index (χ1v) is 11.6. The number of anilines is 1. The largest absolute Gasteiger partial charge is 0.360 e. The van der Waals surface area contributed by atoms with Crippen LogP contribution in [-0.4, -0.2) is 57.5 Å². The Hall–Kier alpha value is -3.06. The van der Waals surface area contributed by atoms with Crippen molar-refractivity contribution in [2.75, 3.05) is 25.0 Å². The maximum atomic E-state index is 12.5. The summed E-state index contributed by atoms with van der Waals surface area (Å²) in [4.78, 5) is 28.1. The Labute approximate surface area is 188 Å². The molecule has 0 unspecified atom stereocenters. The highest BCUT2D eigenvalue weighted by Gasteiger charge is 2.35. The minimum atomic E-state index is 0.00734. The van der Waals surface area contributed by atoms with Gasteiger partial charge in [-0.2, -0.15) is 0 Å². The van der Waals surface area contributed by atoms with Crippen molar-refractivity contribution < 1.29 is 4.79 Å². The molecule has 1 saturated carbocycles. The van der Waals surface area contributed by atoms with Crippen LogP contribution in [0, 0.1) is 6.92 Å². The van der Waals surface area contributed by atoms with Crippen molar-refractivity contribution in [3.05, 3.63) is 60.2 Å². The monoisotopic (exact) mass is 430 g/mol. The number of pyridine rings is 1. The minimum absolute atomic E-state index is 0.00734. The predicted molar refractivity (Wildman–Crippen MR) is 126 cm³/mol. The molecule has 0 spiro atoms. The lowest BCUT2D eigenvalue weighted by Crippen LogP contribution is -2.63. The molecule has 166 valence electrons. The Kier molecular flexibility index (Phi) is 5.99. The van der Waals surface area contributed by atoms with Gasteiger partial charge in [-0.3, -0.25) is 14.7 Å². The number of hydrogen-bond donors (Lipinski definition) is 2. The molecule has 7 heteroatoms. The number of carbonyl (C=O) groups excluding carboxylic acids is 1. The molecule has 0 atom stereocenters. The van der Waals surface area contributed by atoms with Crippen LogP contribution in [0.1, 0.15) is 42.9 Å². The Bertz CT molecular complexity index is 1070. The third-order valence-electron chi connectivity index (χ3n) is 6.80. The van der Waals surface area contributed by atoms with Gasteiger partial charge in [0.05, 0.1) is 18.1 Å². The second kappa shape index (κ2) is 9.20. The molecule has 3 heterocycles. The number of carbonyl (C=O) groups is 1. The molecule has 1 aliphatic carbocycles. The van der Waals surface area contributed by atoms with Gasteiger partial charge in [-0.25, -0.2) is 9.97 Å². The van der Waals surface area contributed by atoms with E-state index in [1.54, 1.807) is 0 Å². The molecule has 1 amide bonds. The third kappa shape index (κ3) is 4.58. The summed E-state index contributed by atoms with van der Waals surface area (Å²) in [7, 11) is 0. The van der Waals surface area contributed by atoms with Crippen LogP contribution in [0.15, 0.2) is 48.9 Å². The molecular weight excluding hydrogens is 400 g/mol. The van der Waals surface area contributed by atoms with Crippen LogP contribution in [0.4, 0.5) is 5.82 Å². The zero-order valence-electron chi connectivity index (χ0n) is 18.5. The molecule has 2 N–H and O–H groups in total. The van der Waals surface area contributed by atoms with E-state index in [9.17, 15) is 4.79 Å². The van der Waals surface area contributed by atoms with Crippen LogP contribution >= 0.6 is 0 Å². The minimum Gasteiger partial charge on any atom is -0.360 e. The topological polar surface area (TPSA) is 83.0 Å². The van der Waals surface area contributed by atoms with E-state index in [-0.39, 0.29) is 18.5 Å². The highest BCUT2D eigenvalue weighted by Crippen LogP contribution is 2.35. The molecule has 0 bridgehead atoms. The zero-order valence-corrected chi connectivity index (χ0v) is 18.5. The summed E-state index contributed by atoms with van der Waals surface area (Å²) in [6, 6.07) is 13.1. The Morgan fingerprint density at radius 1 is 1.06 bits per heavy atom. The number of amides is 1. The van der Waals surface area contributed by atoms with Crippen molar-refractivity contribution in [3.8, 4) is 0 Å². The number of aryl methyl sites for hydroxylation is 1. The van der Waals surface area contributed by atoms with Crippen molar-refractivity contribution in [1.82, 2.24) is 25.2 Å². The van der Waals surface area contributed by atoms with E-state index in [0.29, 0.717) is 17.8 Å². The van der Waals surface area contributed by atoms with E-state index >= 15 is 0 Å². The lowest BCUT2D eigenvalue weighted by atomic mass is 9.82. The molecule has 1 aliphatic heterocycles. The molecule has 2 fully saturated rings. The van der Waals surface area contributed by atoms with E-state index in [2.05, 4.69) is 42.6 Å². The molecule has 2 aliphatic rings. The second-order valence-corrected chi connectivity index (χ2v) is 9.07. The zero-order chi connectivity index (χ0) is 21.9. The Morgan fingerprint density at radius 2 is 1.91 bits per heavy atom. The number of likely N-dealkylation sites (tertiary alicyclic amines) is 1. The van der Waals surface area contributed by atoms with Crippen LogP contribution < -0.4 is 10.6 Å². The van der Waals surface area contributed by atoms with Crippen molar-refractivity contribution in [1.29, 1.82) is 0 Å². The molecule has 3 aromatic rings. The van der Waals surface area contributed by atoms with E-state index in [1.165, 1.54) is 37.7 Å². The average molecular weight is 431 g/mol. The molecular formula is C25H30N6O. The van der Waals surface area contributed by atoms with Gasteiger partial charge in [0.2, 0.25) is 5.91 Å². The molecule has 1 saturated heterocycles. The first-order valence-electron chi connectivity index (χ1n) is 11.6. The summed E-state index contributed by atoms with van der Waals surface area (Å²) in [6.07, 6.45) is 8.25. The fourth-order valence-corrected chi connectivity index (χ4v) is 5.01. The molecule has 5 rings (SSSR count). The highest BCUT2D eigenvalue weighted by molar-refractivity contribution is 5.91. The van der Waals surface area contributed by atoms with Gasteiger partial charge >= 0.3 is 0 Å². The summed E-state index contributed by atoms with van der Waals surface area (Å²) < 4.78 is 0. The number of benzene rings is 1. The van der Waals surface area contributed by atoms with Gasteiger partial charge in [0.1, 0.15) is 12.1 Å². The molecule has 1 aromatic carbocycles. The number of aromatic nitrogens is 3. The molecule has 0 radical (unpaired) electrons. The molecule has 32 heavy (non-hydrogen) atoms. The molecule has 7 nitrogen and oxygen atoms in total. The Morgan fingerprint density at radius 3 is 2.69 bits per heavy atom. The van der Waals surface area contributed by atoms with Crippen molar-refractivity contribution >= 4 is 22.6 Å². The summed E-state index contributed by atoms with van der Waals surface area (Å²) in [5.41, 5.74) is 3.25. The number of nitrogens with one attached hydrogen (secondary N) is 2. The highest BCUT2D eigenvalue weighted by atomic mass is 16.2. The van der Waals surface area contributed by atoms with Gasteiger partial charge in [-0.1, -0.05) is 17.7 Å². The van der Waals surface area contributed by atoms with Crippen LogP contribution in [0.2, 0.25) is 0 Å². The summed E-state index contributed by atoms with van der Waals surface area (Å²) in [5.74, 6) is 1.30. The predicted octanol–water partition coefficient (Wildman–Crippen LogP) is 3.27.